The van der Waals surface area contributed by atoms with Crippen molar-refractivity contribution in [2.45, 2.75) is 123 Å². The summed E-state index contributed by atoms with van der Waals surface area (Å²) in [4.78, 5) is 12.8. The SMILES string of the molecule is CCNC[C@H]1O[C@H](O[C@H]2[C@H](O)[C@@H](O[C@H]3O[C@H](CO)[C@@H](O)[C@H](N)[C@H]3O)[C@H](NC(=O)C3(O)CC3N)C[C@@H]2N)[C@H](O)[C@@H](O)[C@@H]1O. The summed E-state index contributed by atoms with van der Waals surface area (Å²) in [6.07, 6.45) is -17.9. The topological polar surface area (TPSA) is 318 Å². The molecule has 1 amide bonds. The van der Waals surface area contributed by atoms with Gasteiger partial charge < -0.3 is 87.6 Å². The molecule has 2 saturated carbocycles. The van der Waals surface area contributed by atoms with Crippen molar-refractivity contribution in [3.8, 4) is 0 Å². The lowest BCUT2D eigenvalue weighted by Crippen LogP contribution is -2.69. The van der Waals surface area contributed by atoms with E-state index in [4.69, 9.17) is 36.1 Å². The molecule has 2 aliphatic heterocycles. The Bertz CT molecular complexity index is 924. The van der Waals surface area contributed by atoms with E-state index in [1.165, 1.54) is 0 Å². The van der Waals surface area contributed by atoms with Gasteiger partial charge in [-0.15, -0.1) is 0 Å². The Morgan fingerprint density at radius 3 is 2.07 bits per heavy atom. The van der Waals surface area contributed by atoms with Gasteiger partial charge in [-0.2, -0.15) is 0 Å². The lowest BCUT2D eigenvalue weighted by molar-refractivity contribution is -0.333. The van der Waals surface area contributed by atoms with Crippen molar-refractivity contribution in [3.05, 3.63) is 0 Å². The normalized spacial score (nSPS) is 51.2. The van der Waals surface area contributed by atoms with Crippen molar-refractivity contribution in [2.75, 3.05) is 19.7 Å². The fourth-order valence-electron chi connectivity index (χ4n) is 5.59. The van der Waals surface area contributed by atoms with Crippen LogP contribution in [0.25, 0.3) is 0 Å². The zero-order chi connectivity index (χ0) is 31.1. The maximum Gasteiger partial charge on any atom is 0.253 e. The fraction of sp³-hybridized carbons (Fsp3) is 0.958. The smallest absolute Gasteiger partial charge is 0.253 e. The quantitative estimate of drug-likeness (QED) is 0.109. The second kappa shape index (κ2) is 13.4. The molecule has 4 fully saturated rings. The number of carbonyl (C=O) groups is 1. The Balaban J connectivity index is 1.55. The van der Waals surface area contributed by atoms with Crippen LogP contribution < -0.4 is 27.8 Å². The lowest BCUT2D eigenvalue weighted by Gasteiger charge is -2.49. The maximum absolute atomic E-state index is 12.8. The maximum atomic E-state index is 12.8. The summed E-state index contributed by atoms with van der Waals surface area (Å²) < 4.78 is 22.9. The molecule has 0 radical (unpaired) electrons. The molecular weight excluding hydrogens is 566 g/mol. The van der Waals surface area contributed by atoms with Gasteiger partial charge in [-0.05, 0) is 13.0 Å². The first-order valence-electron chi connectivity index (χ1n) is 14.1. The number of hydrogen-bond acceptors (Lipinski definition) is 17. The monoisotopic (exact) mass is 611 g/mol. The van der Waals surface area contributed by atoms with E-state index in [2.05, 4.69) is 10.6 Å². The minimum absolute atomic E-state index is 0.00589. The molecule has 0 aromatic carbocycles. The Labute approximate surface area is 241 Å². The van der Waals surface area contributed by atoms with Gasteiger partial charge in [0.15, 0.2) is 18.2 Å². The van der Waals surface area contributed by atoms with Gasteiger partial charge in [-0.25, -0.2) is 0 Å². The average Bonchev–Trinajstić information content (AvgIpc) is 3.59. The van der Waals surface area contributed by atoms with Gasteiger partial charge in [0.25, 0.3) is 5.91 Å². The van der Waals surface area contributed by atoms with E-state index in [1.807, 2.05) is 6.92 Å². The number of likely N-dealkylation sites (N-methyl/N-ethyl adjacent to an activating group) is 1. The number of nitrogens with two attached hydrogens (primary N) is 3. The van der Waals surface area contributed by atoms with Crippen molar-refractivity contribution >= 4 is 5.91 Å². The molecule has 2 saturated heterocycles. The van der Waals surface area contributed by atoms with Gasteiger partial charge in [0, 0.05) is 25.0 Å². The second-order valence-corrected chi connectivity index (χ2v) is 11.5. The van der Waals surface area contributed by atoms with Gasteiger partial charge >= 0.3 is 0 Å². The molecule has 18 nitrogen and oxygen atoms in total. The Morgan fingerprint density at radius 1 is 0.881 bits per heavy atom. The van der Waals surface area contributed by atoms with Crippen LogP contribution in [0.15, 0.2) is 0 Å². The molecule has 16 N–H and O–H groups in total. The molecular formula is C24H45N5O13. The summed E-state index contributed by atoms with van der Waals surface area (Å²) in [5.41, 5.74) is 16.1. The number of carbonyl (C=O) groups excluding carboxylic acids is 1. The van der Waals surface area contributed by atoms with Crippen LogP contribution in [-0.4, -0.2) is 170 Å². The predicted octanol–water partition coefficient (Wildman–Crippen LogP) is -8.02. The number of rotatable bonds is 10. The summed E-state index contributed by atoms with van der Waals surface area (Å²) in [6.45, 7) is 1.79. The number of aliphatic hydroxyl groups excluding tert-OH is 7. The van der Waals surface area contributed by atoms with Crippen LogP contribution >= 0.6 is 0 Å². The number of hydrogen-bond donors (Lipinski definition) is 13. The first-order chi connectivity index (χ1) is 19.7. The number of nitrogens with one attached hydrogen (secondary N) is 2. The summed E-state index contributed by atoms with van der Waals surface area (Å²) in [7, 11) is 0. The van der Waals surface area contributed by atoms with Crippen LogP contribution in [0.3, 0.4) is 0 Å². The molecule has 18 heteroatoms. The molecule has 42 heavy (non-hydrogen) atoms. The minimum atomic E-state index is -1.83. The highest BCUT2D eigenvalue weighted by Crippen LogP contribution is 2.36. The highest BCUT2D eigenvalue weighted by molar-refractivity contribution is 5.89. The molecule has 4 rings (SSSR count). The average molecular weight is 612 g/mol. The van der Waals surface area contributed by atoms with Gasteiger partial charge in [0.1, 0.15) is 61.0 Å². The predicted molar refractivity (Wildman–Crippen MR) is 139 cm³/mol. The Morgan fingerprint density at radius 2 is 1.48 bits per heavy atom. The zero-order valence-electron chi connectivity index (χ0n) is 23.1. The lowest BCUT2D eigenvalue weighted by atomic mass is 9.83. The molecule has 244 valence electrons. The van der Waals surface area contributed by atoms with Crippen molar-refractivity contribution in [2.24, 2.45) is 17.2 Å². The van der Waals surface area contributed by atoms with E-state index >= 15 is 0 Å². The van der Waals surface area contributed by atoms with E-state index < -0.39 is 116 Å². The molecule has 2 unspecified atom stereocenters. The third kappa shape index (κ3) is 6.59. The first-order valence-corrected chi connectivity index (χ1v) is 14.1. The van der Waals surface area contributed by atoms with Gasteiger partial charge in [0.2, 0.25) is 0 Å². The Hall–Kier alpha value is -1.17. The third-order valence-electron chi connectivity index (χ3n) is 8.50. The molecule has 0 aromatic heterocycles. The molecule has 17 atom stereocenters. The van der Waals surface area contributed by atoms with E-state index in [0.717, 1.165) is 0 Å². The summed E-state index contributed by atoms with van der Waals surface area (Å²) in [6, 6.07) is -4.24. The van der Waals surface area contributed by atoms with Crippen LogP contribution in [0.4, 0.5) is 0 Å². The number of ether oxygens (including phenoxy) is 4. The molecule has 0 aromatic rings. The van der Waals surface area contributed by atoms with Crippen molar-refractivity contribution < 1.29 is 64.6 Å². The molecule has 2 heterocycles. The highest BCUT2D eigenvalue weighted by atomic mass is 16.7. The van der Waals surface area contributed by atoms with Gasteiger partial charge in [-0.3, -0.25) is 4.79 Å². The van der Waals surface area contributed by atoms with Crippen molar-refractivity contribution in [1.29, 1.82) is 0 Å². The largest absolute Gasteiger partial charge is 0.394 e. The van der Waals surface area contributed by atoms with Gasteiger partial charge in [-0.1, -0.05) is 6.92 Å². The second-order valence-electron chi connectivity index (χ2n) is 11.5. The number of amides is 1. The standard InChI is InChI=1S/C24H45N5O13/c1-2-28-5-9-14(32)16(34)17(35)22(39-9)41-19-7(25)3-8(29-23(37)24(38)4-11(24)26)20(18(19)36)42-21-15(33)12(27)13(31)10(6-30)40-21/h7-22,28,30-36,38H,2-6,25-27H2,1H3,(H,29,37)/t7-,8+,9+,10+,11?,12-,13+,14+,15+,16-,17+,18-,19+,20-,21+,22+,24?/m0/s1. The Kier molecular flexibility index (Phi) is 10.8. The van der Waals surface area contributed by atoms with E-state index in [-0.39, 0.29) is 19.4 Å². The highest BCUT2D eigenvalue weighted by Gasteiger charge is 2.59. The molecule has 2 aliphatic carbocycles. The van der Waals surface area contributed by atoms with E-state index in [9.17, 15) is 45.6 Å². The third-order valence-corrected chi connectivity index (χ3v) is 8.50. The zero-order valence-corrected chi connectivity index (χ0v) is 23.1. The number of aliphatic hydroxyl groups is 8. The molecule has 4 aliphatic rings. The summed E-state index contributed by atoms with van der Waals surface area (Å²) in [5, 5.41) is 89.1. The van der Waals surface area contributed by atoms with Gasteiger partial charge in [0.05, 0.1) is 18.7 Å². The van der Waals surface area contributed by atoms with Crippen LogP contribution in [0.1, 0.15) is 19.8 Å². The van der Waals surface area contributed by atoms with Crippen molar-refractivity contribution in [3.63, 3.8) is 0 Å². The van der Waals surface area contributed by atoms with Crippen LogP contribution in [0.5, 0.6) is 0 Å². The molecule has 0 bridgehead atoms. The first kappa shape index (κ1) is 33.7. The summed E-state index contributed by atoms with van der Waals surface area (Å²) >= 11 is 0. The summed E-state index contributed by atoms with van der Waals surface area (Å²) in [5.74, 6) is -0.841. The molecule has 0 spiro atoms. The van der Waals surface area contributed by atoms with Crippen molar-refractivity contribution in [1.82, 2.24) is 10.6 Å². The van der Waals surface area contributed by atoms with E-state index in [1.54, 1.807) is 0 Å². The van der Waals surface area contributed by atoms with E-state index in [0.29, 0.717) is 6.54 Å². The van der Waals surface area contributed by atoms with Crippen LogP contribution in [0.2, 0.25) is 0 Å². The minimum Gasteiger partial charge on any atom is -0.394 e. The van der Waals surface area contributed by atoms with Crippen LogP contribution in [0, 0.1) is 0 Å². The van der Waals surface area contributed by atoms with Crippen LogP contribution in [-0.2, 0) is 23.7 Å². The fourth-order valence-corrected chi connectivity index (χ4v) is 5.59.